The van der Waals surface area contributed by atoms with E-state index < -0.39 is 0 Å². The SMILES string of the molecule is CC.CCN(c1cc(-c2ccc(OCCOCCOCCOSI)cc2)cc(C=O)c1C)C1CCOCC1.CNCc1c(C)cc(C)nc1OCc1ccccc1. The monoisotopic (exact) mass is 915 g/mol. The lowest BCUT2D eigenvalue weighted by atomic mass is 9.96. The van der Waals surface area contributed by atoms with Gasteiger partial charge in [0.1, 0.15) is 25.2 Å². The minimum absolute atomic E-state index is 0.427. The fourth-order valence-corrected chi connectivity index (χ4v) is 7.08. The van der Waals surface area contributed by atoms with E-state index >= 15 is 0 Å². The van der Waals surface area contributed by atoms with E-state index in [9.17, 15) is 4.79 Å². The summed E-state index contributed by atoms with van der Waals surface area (Å²) in [5.41, 5.74) is 9.44. The van der Waals surface area contributed by atoms with E-state index in [1.807, 2.05) is 83.3 Å². The Labute approximate surface area is 357 Å². The molecule has 0 aliphatic carbocycles. The van der Waals surface area contributed by atoms with Crippen molar-refractivity contribution >= 4 is 42.4 Å². The Morgan fingerprint density at radius 3 is 2.18 bits per heavy atom. The Morgan fingerprint density at radius 2 is 1.54 bits per heavy atom. The highest BCUT2D eigenvalue weighted by molar-refractivity contribution is 14.2. The number of carbonyl (C=O) groups is 1. The average Bonchev–Trinajstić information content (AvgIpc) is 3.24. The number of halogens is 1. The van der Waals surface area contributed by atoms with Gasteiger partial charge in [0.2, 0.25) is 5.88 Å². The van der Waals surface area contributed by atoms with Crippen molar-refractivity contribution in [3.63, 3.8) is 0 Å². The van der Waals surface area contributed by atoms with Gasteiger partial charge in [0.25, 0.3) is 0 Å². The van der Waals surface area contributed by atoms with Crippen LogP contribution in [0.5, 0.6) is 11.6 Å². The number of ether oxygens (including phenoxy) is 5. The number of rotatable bonds is 21. The molecule has 1 saturated heterocycles. The lowest BCUT2D eigenvalue weighted by Crippen LogP contribution is -2.40. The highest BCUT2D eigenvalue weighted by atomic mass is 127. The first-order chi connectivity index (χ1) is 27.9. The molecule has 1 aliphatic rings. The Bertz CT molecular complexity index is 1710. The summed E-state index contributed by atoms with van der Waals surface area (Å²) in [4.78, 5) is 18.8. The van der Waals surface area contributed by atoms with Crippen LogP contribution in [0.25, 0.3) is 11.1 Å². The number of pyridine rings is 1. The van der Waals surface area contributed by atoms with Crippen molar-refractivity contribution in [3.05, 3.63) is 106 Å². The summed E-state index contributed by atoms with van der Waals surface area (Å²) in [6.07, 6.45) is 2.97. The molecule has 4 aromatic rings. The molecule has 1 aliphatic heterocycles. The molecule has 0 bridgehead atoms. The van der Waals surface area contributed by atoms with Crippen LogP contribution >= 0.6 is 30.4 Å². The topological polar surface area (TPSA) is 101 Å². The van der Waals surface area contributed by atoms with Gasteiger partial charge in [-0.15, -0.1) is 0 Å². The standard InChI is InChI=1S/C27H36INO6S.C16H20N2O.C2H6/c1-3-29(25-8-10-31-11-9-25)27-19-23(18-24(20-30)21(27)2)22-4-6-26(7-5-22)34-16-14-32-12-13-33-15-17-35-36-28;1-12-9-13(2)18-16(15(12)10-17-3)19-11-14-7-5-4-6-8-14;1-2/h4-7,18-20,25H,3,8-17H2,1-2H3;4-9,17H,10-11H2,1-3H3;1-2H3. The van der Waals surface area contributed by atoms with E-state index in [1.165, 1.54) is 14.8 Å². The van der Waals surface area contributed by atoms with E-state index in [0.29, 0.717) is 52.3 Å². The number of nitrogens with zero attached hydrogens (tertiary/aromatic N) is 2. The molecule has 312 valence electrons. The highest BCUT2D eigenvalue weighted by Gasteiger charge is 2.23. The maximum absolute atomic E-state index is 11.9. The van der Waals surface area contributed by atoms with Gasteiger partial charge in [0.15, 0.2) is 0 Å². The lowest BCUT2D eigenvalue weighted by molar-refractivity contribution is 0.0293. The van der Waals surface area contributed by atoms with Gasteiger partial charge >= 0.3 is 0 Å². The van der Waals surface area contributed by atoms with Crippen LogP contribution in [0.4, 0.5) is 5.69 Å². The van der Waals surface area contributed by atoms with Crippen molar-refractivity contribution in [1.29, 1.82) is 0 Å². The molecule has 0 spiro atoms. The second-order valence-corrected chi connectivity index (χ2v) is 14.5. The summed E-state index contributed by atoms with van der Waals surface area (Å²) in [6, 6.07) is 24.8. The predicted octanol–water partition coefficient (Wildman–Crippen LogP) is 9.93. The smallest absolute Gasteiger partial charge is 0.218 e. The molecular weight excluding hydrogens is 853 g/mol. The normalized spacial score (nSPS) is 12.5. The molecule has 2 heterocycles. The first-order valence-electron chi connectivity index (χ1n) is 19.9. The summed E-state index contributed by atoms with van der Waals surface area (Å²) in [6.45, 7) is 19.2. The molecule has 0 amide bonds. The van der Waals surface area contributed by atoms with Crippen LogP contribution in [0.3, 0.4) is 0 Å². The van der Waals surface area contributed by atoms with Gasteiger partial charge in [0.05, 0.1) is 42.2 Å². The van der Waals surface area contributed by atoms with Gasteiger partial charge < -0.3 is 38.1 Å². The number of benzene rings is 3. The number of aromatic nitrogens is 1. The van der Waals surface area contributed by atoms with Crippen molar-refractivity contribution in [3.8, 4) is 22.8 Å². The molecule has 0 saturated carbocycles. The van der Waals surface area contributed by atoms with Crippen LogP contribution in [0.15, 0.2) is 72.8 Å². The van der Waals surface area contributed by atoms with Gasteiger partial charge in [-0.25, -0.2) is 4.98 Å². The Hall–Kier alpha value is -3.24. The van der Waals surface area contributed by atoms with Crippen LogP contribution in [0.1, 0.15) is 71.9 Å². The molecule has 57 heavy (non-hydrogen) atoms. The number of hydrogen-bond acceptors (Lipinski definition) is 11. The first kappa shape index (κ1) is 48.1. The molecular formula is C45H62IN3O7S. The van der Waals surface area contributed by atoms with Crippen LogP contribution < -0.4 is 19.7 Å². The van der Waals surface area contributed by atoms with Crippen LogP contribution in [0, 0.1) is 20.8 Å². The molecule has 0 atom stereocenters. The van der Waals surface area contributed by atoms with Crippen molar-refractivity contribution < 1.29 is 32.7 Å². The van der Waals surface area contributed by atoms with Crippen LogP contribution in [0.2, 0.25) is 0 Å². The van der Waals surface area contributed by atoms with Gasteiger partial charge in [-0.05, 0) is 106 Å². The van der Waals surface area contributed by atoms with Crippen LogP contribution in [-0.2, 0) is 31.5 Å². The summed E-state index contributed by atoms with van der Waals surface area (Å²) in [5, 5.41) is 3.16. The summed E-state index contributed by atoms with van der Waals surface area (Å²) in [7, 11) is 3.24. The van der Waals surface area contributed by atoms with Gasteiger partial charge in [-0.1, -0.05) is 56.3 Å². The van der Waals surface area contributed by atoms with Crippen molar-refractivity contribution in [2.75, 3.05) is 71.3 Å². The second-order valence-electron chi connectivity index (χ2n) is 13.1. The molecule has 1 fully saturated rings. The number of carbonyl (C=O) groups excluding carboxylic acids is 1. The quantitative estimate of drug-likeness (QED) is 0.0374. The minimum atomic E-state index is 0.427. The number of nitrogens with one attached hydrogen (secondary N) is 1. The molecule has 5 rings (SSSR count). The average molecular weight is 916 g/mol. The number of hydrogen-bond donors (Lipinski definition) is 1. The third-order valence-corrected chi connectivity index (χ3v) is 10.3. The van der Waals surface area contributed by atoms with E-state index in [0.717, 1.165) is 102 Å². The zero-order valence-corrected chi connectivity index (χ0v) is 37.8. The number of aldehydes is 1. The van der Waals surface area contributed by atoms with E-state index in [1.54, 1.807) is 0 Å². The Kier molecular flexibility index (Phi) is 23.8. The summed E-state index contributed by atoms with van der Waals surface area (Å²) >= 11 is 2.08. The van der Waals surface area contributed by atoms with E-state index in [4.69, 9.17) is 27.9 Å². The van der Waals surface area contributed by atoms with Crippen molar-refractivity contribution in [1.82, 2.24) is 10.3 Å². The third kappa shape index (κ3) is 16.5. The molecule has 0 unspecified atom stereocenters. The minimum Gasteiger partial charge on any atom is -0.491 e. The predicted molar refractivity (Wildman–Crippen MR) is 242 cm³/mol. The number of anilines is 1. The van der Waals surface area contributed by atoms with Gasteiger partial charge in [-0.3, -0.25) is 4.79 Å². The zero-order valence-electron chi connectivity index (χ0n) is 34.8. The van der Waals surface area contributed by atoms with Crippen LogP contribution in [-0.4, -0.2) is 83.8 Å². The fraction of sp³-hybridized carbons (Fsp3) is 0.467. The van der Waals surface area contributed by atoms with Crippen molar-refractivity contribution in [2.24, 2.45) is 0 Å². The summed E-state index contributed by atoms with van der Waals surface area (Å²) in [5.74, 6) is 1.52. The molecule has 12 heteroatoms. The zero-order chi connectivity index (χ0) is 41.3. The molecule has 1 N–H and O–H groups in total. The maximum atomic E-state index is 11.9. The molecule has 10 nitrogen and oxygen atoms in total. The summed E-state index contributed by atoms with van der Waals surface area (Å²) < 4.78 is 33.3. The Balaban J connectivity index is 0.000000347. The van der Waals surface area contributed by atoms with Gasteiger partial charge in [0, 0.05) is 76.1 Å². The van der Waals surface area contributed by atoms with E-state index in [2.05, 4.69) is 74.5 Å². The van der Waals surface area contributed by atoms with Gasteiger partial charge in [-0.2, -0.15) is 0 Å². The lowest BCUT2D eigenvalue weighted by Gasteiger charge is -2.36. The molecule has 3 aromatic carbocycles. The first-order valence-corrected chi connectivity index (χ1v) is 23.2. The number of aryl methyl sites for hydroxylation is 2. The second kappa shape index (κ2) is 28.2. The molecule has 0 radical (unpaired) electrons. The Morgan fingerprint density at radius 1 is 0.877 bits per heavy atom. The van der Waals surface area contributed by atoms with Crippen molar-refractivity contribution in [2.45, 2.75) is 73.6 Å². The molecule has 1 aromatic heterocycles. The maximum Gasteiger partial charge on any atom is 0.218 e. The third-order valence-electron chi connectivity index (χ3n) is 9.25. The largest absolute Gasteiger partial charge is 0.491 e. The fourth-order valence-electron chi connectivity index (χ4n) is 6.40. The van der Waals surface area contributed by atoms with E-state index in [-0.39, 0.29) is 0 Å². The highest BCUT2D eigenvalue weighted by Crippen LogP contribution is 2.34.